The van der Waals surface area contributed by atoms with Crippen molar-refractivity contribution in [2.24, 2.45) is 5.73 Å². The summed E-state index contributed by atoms with van der Waals surface area (Å²) in [6.07, 6.45) is 2.57. The first-order chi connectivity index (χ1) is 9.31. The molecule has 1 aromatic heterocycles. The zero-order valence-electron chi connectivity index (χ0n) is 11.1. The van der Waals surface area contributed by atoms with Crippen molar-refractivity contribution in [1.82, 2.24) is 9.97 Å². The van der Waals surface area contributed by atoms with Crippen LogP contribution in [0.15, 0.2) is 36.7 Å². The van der Waals surface area contributed by atoms with Crippen LogP contribution in [-0.2, 0) is 6.42 Å². The fourth-order valence-electron chi connectivity index (χ4n) is 1.69. The lowest BCUT2D eigenvalue weighted by molar-refractivity contribution is 1.00. The molecule has 0 fully saturated rings. The zero-order chi connectivity index (χ0) is 13.5. The van der Waals surface area contributed by atoms with Gasteiger partial charge in [-0.1, -0.05) is 19.1 Å². The molecule has 100 valence electrons. The summed E-state index contributed by atoms with van der Waals surface area (Å²) in [4.78, 5) is 8.32. The highest BCUT2D eigenvalue weighted by Crippen LogP contribution is 2.16. The molecule has 0 aliphatic rings. The Morgan fingerprint density at radius 1 is 1.11 bits per heavy atom. The molecule has 0 bridgehead atoms. The number of anilines is 3. The number of nitrogens with zero attached hydrogens (tertiary/aromatic N) is 2. The highest BCUT2D eigenvalue weighted by atomic mass is 15.1. The summed E-state index contributed by atoms with van der Waals surface area (Å²) in [7, 11) is 0. The van der Waals surface area contributed by atoms with Gasteiger partial charge in [0.2, 0.25) is 0 Å². The molecule has 2 rings (SSSR count). The van der Waals surface area contributed by atoms with E-state index in [0.717, 1.165) is 23.7 Å². The third-order valence-corrected chi connectivity index (χ3v) is 2.75. The highest BCUT2D eigenvalue weighted by Gasteiger charge is 1.99. The molecular formula is C14H19N5. The summed E-state index contributed by atoms with van der Waals surface area (Å²) >= 11 is 0. The molecular weight excluding hydrogens is 238 g/mol. The van der Waals surface area contributed by atoms with Crippen molar-refractivity contribution >= 4 is 17.3 Å². The summed E-state index contributed by atoms with van der Waals surface area (Å²) in [6, 6.07) is 10.2. The number of aromatic nitrogens is 2. The van der Waals surface area contributed by atoms with Gasteiger partial charge in [-0.2, -0.15) is 0 Å². The largest absolute Gasteiger partial charge is 0.369 e. The van der Waals surface area contributed by atoms with Crippen LogP contribution in [0.3, 0.4) is 0 Å². The number of rotatable bonds is 6. The molecule has 1 heterocycles. The van der Waals surface area contributed by atoms with Crippen molar-refractivity contribution in [2.45, 2.75) is 13.3 Å². The topological polar surface area (TPSA) is 75.9 Å². The Morgan fingerprint density at radius 2 is 1.84 bits per heavy atom. The maximum atomic E-state index is 5.44. The van der Waals surface area contributed by atoms with Gasteiger partial charge < -0.3 is 16.4 Å². The number of benzene rings is 1. The minimum atomic E-state index is 0.575. The lowest BCUT2D eigenvalue weighted by Crippen LogP contribution is -2.14. The molecule has 19 heavy (non-hydrogen) atoms. The van der Waals surface area contributed by atoms with Gasteiger partial charge in [0.15, 0.2) is 0 Å². The van der Waals surface area contributed by atoms with Gasteiger partial charge in [0, 0.05) is 24.8 Å². The van der Waals surface area contributed by atoms with Crippen molar-refractivity contribution in [3.8, 4) is 0 Å². The molecule has 2 aromatic rings. The van der Waals surface area contributed by atoms with Crippen LogP contribution in [0, 0.1) is 0 Å². The molecule has 0 unspecified atom stereocenters. The van der Waals surface area contributed by atoms with Gasteiger partial charge in [0.25, 0.3) is 0 Å². The van der Waals surface area contributed by atoms with E-state index in [1.807, 2.05) is 18.2 Å². The monoisotopic (exact) mass is 257 g/mol. The third-order valence-electron chi connectivity index (χ3n) is 2.75. The second kappa shape index (κ2) is 6.70. The molecule has 0 saturated heterocycles. The SMILES string of the molecule is CCc1ccc(Nc2cc(NCCN)ncn2)cc1. The second-order valence-corrected chi connectivity index (χ2v) is 4.18. The number of nitrogens with two attached hydrogens (primary N) is 1. The average Bonchev–Trinajstić information content (AvgIpc) is 2.46. The van der Waals surface area contributed by atoms with Crippen LogP contribution in [0.1, 0.15) is 12.5 Å². The third kappa shape index (κ3) is 3.93. The summed E-state index contributed by atoms with van der Waals surface area (Å²) in [5, 5.41) is 6.37. The Balaban J connectivity index is 2.05. The fraction of sp³-hybridized carbons (Fsp3) is 0.286. The van der Waals surface area contributed by atoms with E-state index in [2.05, 4.69) is 39.7 Å². The minimum absolute atomic E-state index is 0.575. The van der Waals surface area contributed by atoms with Crippen molar-refractivity contribution in [3.63, 3.8) is 0 Å². The number of hydrogen-bond acceptors (Lipinski definition) is 5. The lowest BCUT2D eigenvalue weighted by atomic mass is 10.1. The maximum Gasteiger partial charge on any atom is 0.135 e. The molecule has 4 N–H and O–H groups in total. The summed E-state index contributed by atoms with van der Waals surface area (Å²) in [6.45, 7) is 3.41. The quantitative estimate of drug-likeness (QED) is 0.739. The van der Waals surface area contributed by atoms with Crippen molar-refractivity contribution in [2.75, 3.05) is 23.7 Å². The Hall–Kier alpha value is -2.14. The van der Waals surface area contributed by atoms with Crippen LogP contribution < -0.4 is 16.4 Å². The number of nitrogens with one attached hydrogen (secondary N) is 2. The Kier molecular flexibility index (Phi) is 4.69. The molecule has 1 aromatic carbocycles. The highest BCUT2D eigenvalue weighted by molar-refractivity contribution is 5.59. The van der Waals surface area contributed by atoms with Crippen LogP contribution in [-0.4, -0.2) is 23.1 Å². The molecule has 0 radical (unpaired) electrons. The average molecular weight is 257 g/mol. The summed E-state index contributed by atoms with van der Waals surface area (Å²) in [5.41, 5.74) is 7.78. The van der Waals surface area contributed by atoms with Crippen LogP contribution in [0.4, 0.5) is 17.3 Å². The van der Waals surface area contributed by atoms with E-state index in [1.54, 1.807) is 0 Å². The normalized spacial score (nSPS) is 10.2. The number of aryl methyl sites for hydroxylation is 1. The van der Waals surface area contributed by atoms with E-state index in [4.69, 9.17) is 5.73 Å². The lowest BCUT2D eigenvalue weighted by Gasteiger charge is -2.08. The van der Waals surface area contributed by atoms with E-state index in [0.29, 0.717) is 13.1 Å². The summed E-state index contributed by atoms with van der Waals surface area (Å²) in [5.74, 6) is 1.53. The maximum absolute atomic E-state index is 5.44. The first-order valence-electron chi connectivity index (χ1n) is 6.43. The van der Waals surface area contributed by atoms with Gasteiger partial charge in [-0.15, -0.1) is 0 Å². The fourth-order valence-corrected chi connectivity index (χ4v) is 1.69. The molecule has 0 saturated carbocycles. The van der Waals surface area contributed by atoms with Gasteiger partial charge in [-0.05, 0) is 24.1 Å². The predicted octanol–water partition coefficient (Wildman–Crippen LogP) is 2.15. The first-order valence-corrected chi connectivity index (χ1v) is 6.43. The Bertz CT molecular complexity index is 509. The van der Waals surface area contributed by atoms with E-state index in [-0.39, 0.29) is 0 Å². The Morgan fingerprint density at radius 3 is 2.53 bits per heavy atom. The van der Waals surface area contributed by atoms with Crippen LogP contribution in [0.2, 0.25) is 0 Å². The molecule has 5 nitrogen and oxygen atoms in total. The van der Waals surface area contributed by atoms with Gasteiger partial charge in [-0.25, -0.2) is 9.97 Å². The zero-order valence-corrected chi connectivity index (χ0v) is 11.1. The van der Waals surface area contributed by atoms with Gasteiger partial charge in [-0.3, -0.25) is 0 Å². The first kappa shape index (κ1) is 13.3. The molecule has 0 amide bonds. The van der Waals surface area contributed by atoms with Crippen LogP contribution >= 0.6 is 0 Å². The van der Waals surface area contributed by atoms with Crippen molar-refractivity contribution in [3.05, 3.63) is 42.2 Å². The minimum Gasteiger partial charge on any atom is -0.369 e. The van der Waals surface area contributed by atoms with Crippen LogP contribution in [0.5, 0.6) is 0 Å². The van der Waals surface area contributed by atoms with E-state index < -0.39 is 0 Å². The van der Waals surface area contributed by atoms with Crippen LogP contribution in [0.25, 0.3) is 0 Å². The summed E-state index contributed by atoms with van der Waals surface area (Å²) < 4.78 is 0. The van der Waals surface area contributed by atoms with E-state index >= 15 is 0 Å². The van der Waals surface area contributed by atoms with E-state index in [9.17, 15) is 0 Å². The molecule has 0 aliphatic carbocycles. The smallest absolute Gasteiger partial charge is 0.135 e. The molecule has 0 aliphatic heterocycles. The van der Waals surface area contributed by atoms with Gasteiger partial charge >= 0.3 is 0 Å². The molecule has 0 spiro atoms. The standard InChI is InChI=1S/C14H19N5/c1-2-11-3-5-12(6-4-11)19-14-9-13(16-8-7-15)17-10-18-14/h3-6,9-10H,2,7-8,15H2,1H3,(H2,16,17,18,19). The van der Waals surface area contributed by atoms with Crippen molar-refractivity contribution in [1.29, 1.82) is 0 Å². The molecule has 5 heteroatoms. The van der Waals surface area contributed by atoms with Gasteiger partial charge in [0.05, 0.1) is 0 Å². The van der Waals surface area contributed by atoms with Gasteiger partial charge in [0.1, 0.15) is 18.0 Å². The predicted molar refractivity (Wildman–Crippen MR) is 78.7 cm³/mol. The Labute approximate surface area is 113 Å². The van der Waals surface area contributed by atoms with Crippen molar-refractivity contribution < 1.29 is 0 Å². The second-order valence-electron chi connectivity index (χ2n) is 4.18. The molecule has 0 atom stereocenters. The number of hydrogen-bond donors (Lipinski definition) is 3. The van der Waals surface area contributed by atoms with E-state index in [1.165, 1.54) is 11.9 Å².